The molecule has 2 aliphatic rings. The summed E-state index contributed by atoms with van der Waals surface area (Å²) in [4.78, 5) is 27.0. The Morgan fingerprint density at radius 3 is 2.67 bits per heavy atom. The van der Waals surface area contributed by atoms with Gasteiger partial charge in [-0.15, -0.1) is 0 Å². The van der Waals surface area contributed by atoms with Gasteiger partial charge in [0, 0.05) is 38.8 Å². The van der Waals surface area contributed by atoms with Gasteiger partial charge in [0.15, 0.2) is 0 Å². The third kappa shape index (κ3) is 3.51. The van der Waals surface area contributed by atoms with Crippen LogP contribution in [0.2, 0.25) is 0 Å². The van der Waals surface area contributed by atoms with Gasteiger partial charge in [0.05, 0.1) is 22.3 Å². The van der Waals surface area contributed by atoms with E-state index in [0.29, 0.717) is 5.56 Å². The summed E-state index contributed by atoms with van der Waals surface area (Å²) in [6, 6.07) is 4.47. The number of non-ortho nitro benzene ring substituents is 1. The maximum atomic E-state index is 12.8. The standard InChI is InChI=1S/C17H23N3O4/c1-18(11-16(21)12-4-5-12)17(22)14-10-13(20(23)24)6-7-15(14)19-8-2-3-9-19/h6-7,10,12,16,21H,2-5,8-9,11H2,1H3. The van der Waals surface area contributed by atoms with E-state index >= 15 is 0 Å². The topological polar surface area (TPSA) is 86.9 Å². The number of benzene rings is 1. The Balaban J connectivity index is 1.85. The molecule has 1 amide bonds. The fourth-order valence-corrected chi connectivity index (χ4v) is 3.24. The van der Waals surface area contributed by atoms with Crippen molar-refractivity contribution in [3.63, 3.8) is 0 Å². The molecule has 1 N–H and O–H groups in total. The van der Waals surface area contributed by atoms with Gasteiger partial charge in [-0.1, -0.05) is 0 Å². The van der Waals surface area contributed by atoms with Gasteiger partial charge >= 0.3 is 0 Å². The number of amides is 1. The number of aliphatic hydroxyl groups is 1. The molecule has 2 fully saturated rings. The smallest absolute Gasteiger partial charge is 0.270 e. The van der Waals surface area contributed by atoms with Crippen molar-refractivity contribution in [1.82, 2.24) is 4.90 Å². The second kappa shape index (κ2) is 6.76. The van der Waals surface area contributed by atoms with E-state index in [9.17, 15) is 20.0 Å². The first-order valence-corrected chi connectivity index (χ1v) is 8.44. The molecule has 1 aromatic rings. The summed E-state index contributed by atoms with van der Waals surface area (Å²) >= 11 is 0. The summed E-state index contributed by atoms with van der Waals surface area (Å²) in [6.45, 7) is 1.96. The zero-order chi connectivity index (χ0) is 17.3. The Hall–Kier alpha value is -2.15. The van der Waals surface area contributed by atoms with Crippen molar-refractivity contribution in [1.29, 1.82) is 0 Å². The molecule has 1 heterocycles. The highest BCUT2D eigenvalue weighted by molar-refractivity contribution is 6.00. The van der Waals surface area contributed by atoms with E-state index in [4.69, 9.17) is 0 Å². The van der Waals surface area contributed by atoms with Crippen LogP contribution < -0.4 is 4.90 Å². The first kappa shape index (κ1) is 16.7. The van der Waals surface area contributed by atoms with Gasteiger partial charge in [0.1, 0.15) is 0 Å². The van der Waals surface area contributed by atoms with Gasteiger partial charge in [0.2, 0.25) is 0 Å². The van der Waals surface area contributed by atoms with Crippen LogP contribution in [0.25, 0.3) is 0 Å². The van der Waals surface area contributed by atoms with Crippen molar-refractivity contribution in [3.8, 4) is 0 Å². The Labute approximate surface area is 141 Å². The van der Waals surface area contributed by atoms with Crippen molar-refractivity contribution in [2.24, 2.45) is 5.92 Å². The first-order valence-electron chi connectivity index (χ1n) is 8.44. The third-order valence-electron chi connectivity index (χ3n) is 4.84. The molecule has 0 spiro atoms. The Morgan fingerprint density at radius 2 is 2.08 bits per heavy atom. The second-order valence-corrected chi connectivity index (χ2v) is 6.74. The van der Waals surface area contributed by atoms with Gasteiger partial charge in [-0.2, -0.15) is 0 Å². The van der Waals surface area contributed by atoms with E-state index in [2.05, 4.69) is 4.90 Å². The molecule has 1 saturated heterocycles. The molecule has 7 heteroatoms. The van der Waals surface area contributed by atoms with Crippen molar-refractivity contribution in [2.75, 3.05) is 31.6 Å². The van der Waals surface area contributed by atoms with Crippen LogP contribution in [0.3, 0.4) is 0 Å². The zero-order valence-electron chi connectivity index (χ0n) is 13.9. The maximum absolute atomic E-state index is 12.8. The fraction of sp³-hybridized carbons (Fsp3) is 0.588. The summed E-state index contributed by atoms with van der Waals surface area (Å²) in [6.07, 6.45) is 3.59. The van der Waals surface area contributed by atoms with Crippen molar-refractivity contribution in [2.45, 2.75) is 31.8 Å². The molecule has 0 aromatic heterocycles. The quantitative estimate of drug-likeness (QED) is 0.636. The number of hydrogen-bond donors (Lipinski definition) is 1. The lowest BCUT2D eigenvalue weighted by Gasteiger charge is -2.25. The summed E-state index contributed by atoms with van der Waals surface area (Å²) in [5.41, 5.74) is 1.00. The lowest BCUT2D eigenvalue weighted by atomic mass is 10.1. The van der Waals surface area contributed by atoms with Gasteiger partial charge in [-0.3, -0.25) is 14.9 Å². The van der Waals surface area contributed by atoms with E-state index < -0.39 is 11.0 Å². The van der Waals surface area contributed by atoms with E-state index in [-0.39, 0.29) is 24.1 Å². The summed E-state index contributed by atoms with van der Waals surface area (Å²) < 4.78 is 0. The predicted molar refractivity (Wildman–Crippen MR) is 90.2 cm³/mol. The van der Waals surface area contributed by atoms with E-state index in [1.54, 1.807) is 13.1 Å². The van der Waals surface area contributed by atoms with Gasteiger partial charge in [-0.05, 0) is 37.7 Å². The monoisotopic (exact) mass is 333 g/mol. The molecule has 0 bridgehead atoms. The zero-order valence-corrected chi connectivity index (χ0v) is 13.9. The maximum Gasteiger partial charge on any atom is 0.270 e. The average molecular weight is 333 g/mol. The number of likely N-dealkylation sites (N-methyl/N-ethyl adjacent to an activating group) is 1. The number of hydrogen-bond acceptors (Lipinski definition) is 5. The first-order chi connectivity index (χ1) is 11.5. The lowest BCUT2D eigenvalue weighted by molar-refractivity contribution is -0.384. The summed E-state index contributed by atoms with van der Waals surface area (Å²) in [5.74, 6) is 0.00344. The largest absolute Gasteiger partial charge is 0.391 e. The van der Waals surface area contributed by atoms with Crippen LogP contribution in [0.4, 0.5) is 11.4 Å². The number of nitro benzene ring substituents is 1. The van der Waals surface area contributed by atoms with Crippen LogP contribution in [0.5, 0.6) is 0 Å². The van der Waals surface area contributed by atoms with Crippen LogP contribution >= 0.6 is 0 Å². The highest BCUT2D eigenvalue weighted by Gasteiger charge is 2.32. The molecule has 1 aliphatic heterocycles. The summed E-state index contributed by atoms with van der Waals surface area (Å²) in [5, 5.41) is 21.1. The van der Waals surface area contributed by atoms with Crippen LogP contribution in [0.1, 0.15) is 36.0 Å². The van der Waals surface area contributed by atoms with E-state index in [1.807, 2.05) is 0 Å². The molecule has 1 saturated carbocycles. The minimum atomic E-state index is -0.520. The highest BCUT2D eigenvalue weighted by Crippen LogP contribution is 2.33. The van der Waals surface area contributed by atoms with Crippen LogP contribution in [-0.2, 0) is 0 Å². The molecule has 1 aliphatic carbocycles. The van der Waals surface area contributed by atoms with Gasteiger partial charge in [0.25, 0.3) is 11.6 Å². The Bertz CT molecular complexity index is 639. The molecular formula is C17H23N3O4. The minimum Gasteiger partial charge on any atom is -0.391 e. The van der Waals surface area contributed by atoms with Crippen LogP contribution in [0.15, 0.2) is 18.2 Å². The minimum absolute atomic E-state index is 0.0857. The van der Waals surface area contributed by atoms with Crippen LogP contribution in [-0.4, -0.2) is 53.6 Å². The fourth-order valence-electron chi connectivity index (χ4n) is 3.24. The normalized spacial score (nSPS) is 18.5. The number of anilines is 1. The molecule has 0 radical (unpaired) electrons. The SMILES string of the molecule is CN(CC(O)C1CC1)C(=O)c1cc([N+](=O)[O-])ccc1N1CCCC1. The number of carbonyl (C=O) groups excluding carboxylic acids is 1. The summed E-state index contributed by atoms with van der Waals surface area (Å²) in [7, 11) is 1.64. The van der Waals surface area contributed by atoms with Crippen molar-refractivity contribution >= 4 is 17.3 Å². The molecule has 1 atom stereocenters. The van der Waals surface area contributed by atoms with Crippen LogP contribution in [0, 0.1) is 16.0 Å². The molecule has 1 unspecified atom stereocenters. The molecule has 24 heavy (non-hydrogen) atoms. The molecule has 1 aromatic carbocycles. The lowest BCUT2D eigenvalue weighted by Crippen LogP contribution is -2.36. The second-order valence-electron chi connectivity index (χ2n) is 6.74. The Morgan fingerprint density at radius 1 is 1.42 bits per heavy atom. The number of rotatable bonds is 6. The predicted octanol–water partition coefficient (Wildman–Crippen LogP) is 2.04. The Kier molecular flexibility index (Phi) is 4.71. The molecule has 3 rings (SSSR count). The third-order valence-corrected chi connectivity index (χ3v) is 4.84. The molecule has 7 nitrogen and oxygen atoms in total. The molecular weight excluding hydrogens is 310 g/mol. The number of carbonyl (C=O) groups is 1. The van der Waals surface area contributed by atoms with Crippen molar-refractivity contribution < 1.29 is 14.8 Å². The van der Waals surface area contributed by atoms with Gasteiger partial charge < -0.3 is 14.9 Å². The van der Waals surface area contributed by atoms with E-state index in [0.717, 1.165) is 44.5 Å². The van der Waals surface area contributed by atoms with E-state index in [1.165, 1.54) is 17.0 Å². The average Bonchev–Trinajstić information content (AvgIpc) is 3.28. The molecule has 130 valence electrons. The number of nitrogens with zero attached hydrogens (tertiary/aromatic N) is 3. The highest BCUT2D eigenvalue weighted by atomic mass is 16.6. The van der Waals surface area contributed by atoms with Gasteiger partial charge in [-0.25, -0.2) is 0 Å². The number of nitro groups is 1. The van der Waals surface area contributed by atoms with Crippen molar-refractivity contribution in [3.05, 3.63) is 33.9 Å². The number of aliphatic hydroxyl groups excluding tert-OH is 1.